The molecule has 2 aromatic heterocycles. The molecule has 2 aromatic carbocycles. The number of halogens is 3. The Bertz CT molecular complexity index is 1710. The van der Waals surface area contributed by atoms with Crippen LogP contribution in [0.15, 0.2) is 54.2 Å². The van der Waals surface area contributed by atoms with Gasteiger partial charge in [-0.25, -0.2) is 14.9 Å². The quantitative estimate of drug-likeness (QED) is 0.225. The van der Waals surface area contributed by atoms with Gasteiger partial charge in [-0.2, -0.15) is 0 Å². The lowest BCUT2D eigenvalue weighted by Crippen LogP contribution is -2.43. The number of carbonyl (C=O) groups is 2. The molecule has 1 aliphatic heterocycles. The number of nitrogens with zero attached hydrogens (tertiary/aromatic N) is 5. The fourth-order valence-corrected chi connectivity index (χ4v) is 6.34. The Balaban J connectivity index is 1.20. The van der Waals surface area contributed by atoms with Crippen molar-refractivity contribution >= 4 is 50.6 Å². The third-order valence-corrected chi connectivity index (χ3v) is 9.09. The van der Waals surface area contributed by atoms with Crippen molar-refractivity contribution in [3.63, 3.8) is 0 Å². The number of hydrogen-bond donors (Lipinski definition) is 2. The minimum absolute atomic E-state index is 0.161. The maximum atomic E-state index is 14.3. The number of anilines is 3. The van der Waals surface area contributed by atoms with Gasteiger partial charge in [0, 0.05) is 42.3 Å². The summed E-state index contributed by atoms with van der Waals surface area (Å²) in [6, 6.07) is 10.4. The first-order valence-corrected chi connectivity index (χ1v) is 15.8. The average molecular weight is 638 g/mol. The Morgan fingerprint density at radius 1 is 1.04 bits per heavy atom. The van der Waals surface area contributed by atoms with Crippen molar-refractivity contribution in [2.45, 2.75) is 45.1 Å². The molecule has 1 saturated carbocycles. The third kappa shape index (κ3) is 7.10. The van der Waals surface area contributed by atoms with E-state index in [9.17, 15) is 22.8 Å². The fraction of sp³-hybridized carbons (Fsp3) is 0.375. The van der Waals surface area contributed by atoms with Crippen LogP contribution in [0, 0.1) is 6.92 Å². The van der Waals surface area contributed by atoms with E-state index >= 15 is 0 Å². The molecule has 6 rings (SSSR count). The largest absolute Gasteiger partial charge is 0.491 e. The van der Waals surface area contributed by atoms with Gasteiger partial charge in [0.25, 0.3) is 11.8 Å². The molecule has 13 heteroatoms. The van der Waals surface area contributed by atoms with Crippen LogP contribution >= 0.6 is 11.3 Å². The van der Waals surface area contributed by atoms with E-state index in [0.717, 1.165) is 55.7 Å². The second-order valence-corrected chi connectivity index (χ2v) is 12.5. The molecule has 1 aliphatic carbocycles. The molecule has 0 atom stereocenters. The number of nitrogens with one attached hydrogen (secondary N) is 2. The van der Waals surface area contributed by atoms with Crippen LogP contribution in [0.4, 0.5) is 30.4 Å². The second kappa shape index (κ2) is 12.7. The zero-order valence-corrected chi connectivity index (χ0v) is 25.8. The van der Waals surface area contributed by atoms with Crippen molar-refractivity contribution in [1.82, 2.24) is 19.8 Å². The van der Waals surface area contributed by atoms with Gasteiger partial charge in [0.15, 0.2) is 0 Å². The molecule has 236 valence electrons. The van der Waals surface area contributed by atoms with E-state index < -0.39 is 18.1 Å². The van der Waals surface area contributed by atoms with Crippen LogP contribution in [0.2, 0.25) is 0 Å². The molecule has 45 heavy (non-hydrogen) atoms. The summed E-state index contributed by atoms with van der Waals surface area (Å²) in [5, 5.41) is 7.79. The number of rotatable bonds is 8. The molecular formula is C32H34F3N7O2S. The molecule has 0 spiro atoms. The standard InChI is InChI=1S/C32H34F3N7O2S/c1-20-4-7-22(16-26(20)39-30(43)25-18-45-28-27(25)36-19-37-29(28)38-23-8-9-23)31(44)42(32(33,34)35)24-10-5-21(6-11-24)17-41-13-3-12-40(2)14-15-41/h4-7,10-11,16,18-19,23H,3,8-9,12-15,17H2,1-2H3,(H,39,43)(H,36,37,38). The fourth-order valence-electron chi connectivity index (χ4n) is 5.39. The number of fused-ring (bicyclic) bond motifs is 1. The zero-order chi connectivity index (χ0) is 31.7. The Morgan fingerprint density at radius 3 is 2.56 bits per heavy atom. The number of aromatic nitrogens is 2. The summed E-state index contributed by atoms with van der Waals surface area (Å²) in [4.78, 5) is 39.7. The predicted octanol–water partition coefficient (Wildman–Crippen LogP) is 6.13. The van der Waals surface area contributed by atoms with Crippen LogP contribution < -0.4 is 15.5 Å². The first kappa shape index (κ1) is 30.9. The van der Waals surface area contributed by atoms with Crippen LogP contribution in [-0.4, -0.2) is 77.2 Å². The summed E-state index contributed by atoms with van der Waals surface area (Å²) in [6.07, 6.45) is -0.420. The molecule has 0 bridgehead atoms. The van der Waals surface area contributed by atoms with Gasteiger partial charge < -0.3 is 15.5 Å². The Labute approximate surface area is 263 Å². The van der Waals surface area contributed by atoms with Crippen LogP contribution in [0.25, 0.3) is 10.2 Å². The van der Waals surface area contributed by atoms with Crippen molar-refractivity contribution in [2.75, 3.05) is 48.8 Å². The maximum Gasteiger partial charge on any atom is 0.491 e. The summed E-state index contributed by atoms with van der Waals surface area (Å²) >= 11 is 1.34. The van der Waals surface area contributed by atoms with Crippen LogP contribution in [0.1, 0.15) is 51.1 Å². The molecule has 1 saturated heterocycles. The Kier molecular flexibility index (Phi) is 8.76. The zero-order valence-electron chi connectivity index (χ0n) is 25.0. The SMILES string of the molecule is Cc1ccc(C(=O)N(c2ccc(CN3CCCN(C)CC3)cc2)C(F)(F)F)cc1NC(=O)c1csc2c(NC3CC3)ncnc12. The Morgan fingerprint density at radius 2 is 1.82 bits per heavy atom. The van der Waals surface area contributed by atoms with Gasteiger partial charge in [0.05, 0.1) is 21.5 Å². The number of amides is 2. The molecule has 3 heterocycles. The highest BCUT2D eigenvalue weighted by Crippen LogP contribution is 2.34. The van der Waals surface area contributed by atoms with Gasteiger partial charge in [-0.3, -0.25) is 14.5 Å². The van der Waals surface area contributed by atoms with Gasteiger partial charge in [-0.1, -0.05) is 18.2 Å². The van der Waals surface area contributed by atoms with Crippen LogP contribution in [-0.2, 0) is 6.54 Å². The molecule has 0 radical (unpaired) electrons. The molecule has 2 fully saturated rings. The number of thiophene rings is 1. The van der Waals surface area contributed by atoms with Crippen molar-refractivity contribution in [3.8, 4) is 0 Å². The number of carbonyl (C=O) groups excluding carboxylic acids is 2. The van der Waals surface area contributed by atoms with Crippen LogP contribution in [0.5, 0.6) is 0 Å². The predicted molar refractivity (Wildman–Crippen MR) is 170 cm³/mol. The van der Waals surface area contributed by atoms with Gasteiger partial charge in [-0.05, 0) is 81.7 Å². The van der Waals surface area contributed by atoms with Gasteiger partial charge in [0.1, 0.15) is 12.1 Å². The van der Waals surface area contributed by atoms with Crippen molar-refractivity contribution < 1.29 is 22.8 Å². The average Bonchev–Trinajstić information content (AvgIpc) is 3.75. The monoisotopic (exact) mass is 637 g/mol. The molecule has 4 aromatic rings. The lowest BCUT2D eigenvalue weighted by molar-refractivity contribution is -0.122. The number of hydrogen-bond acceptors (Lipinski definition) is 8. The van der Waals surface area contributed by atoms with Crippen molar-refractivity contribution in [3.05, 3.63) is 76.4 Å². The lowest BCUT2D eigenvalue weighted by atomic mass is 10.1. The van der Waals surface area contributed by atoms with E-state index in [2.05, 4.69) is 37.4 Å². The van der Waals surface area contributed by atoms with Crippen molar-refractivity contribution in [1.29, 1.82) is 0 Å². The maximum absolute atomic E-state index is 14.3. The number of aryl methyl sites for hydroxylation is 1. The molecular weight excluding hydrogens is 603 g/mol. The van der Waals surface area contributed by atoms with E-state index in [1.165, 1.54) is 48.0 Å². The summed E-state index contributed by atoms with van der Waals surface area (Å²) in [5.41, 5.74) is 2.01. The second-order valence-electron chi connectivity index (χ2n) is 11.7. The van der Waals surface area contributed by atoms with E-state index in [4.69, 9.17) is 0 Å². The minimum Gasteiger partial charge on any atom is -0.366 e. The normalized spacial score (nSPS) is 16.4. The van der Waals surface area contributed by atoms with E-state index in [1.54, 1.807) is 24.4 Å². The lowest BCUT2D eigenvalue weighted by Gasteiger charge is -2.26. The topological polar surface area (TPSA) is 93.7 Å². The highest BCUT2D eigenvalue weighted by Gasteiger charge is 2.43. The number of likely N-dealkylation sites (N-methyl/N-ethyl adjacent to an activating group) is 1. The van der Waals surface area contributed by atoms with E-state index in [1.807, 2.05) is 0 Å². The van der Waals surface area contributed by atoms with Crippen LogP contribution in [0.3, 0.4) is 0 Å². The summed E-state index contributed by atoms with van der Waals surface area (Å²) in [5.74, 6) is -1.06. The summed E-state index contributed by atoms with van der Waals surface area (Å²) in [6.45, 7) is 6.08. The summed E-state index contributed by atoms with van der Waals surface area (Å²) in [7, 11) is 2.08. The highest BCUT2D eigenvalue weighted by molar-refractivity contribution is 7.18. The van der Waals surface area contributed by atoms with Crippen molar-refractivity contribution in [2.24, 2.45) is 0 Å². The summed E-state index contributed by atoms with van der Waals surface area (Å²) < 4.78 is 43.8. The molecule has 2 N–H and O–H groups in total. The molecule has 9 nitrogen and oxygen atoms in total. The smallest absolute Gasteiger partial charge is 0.366 e. The van der Waals surface area contributed by atoms with Gasteiger partial charge in [0.2, 0.25) is 0 Å². The first-order valence-electron chi connectivity index (χ1n) is 14.9. The molecule has 2 aliphatic rings. The van der Waals surface area contributed by atoms with E-state index in [0.29, 0.717) is 35.0 Å². The highest BCUT2D eigenvalue weighted by atomic mass is 32.1. The minimum atomic E-state index is -4.97. The molecule has 2 amide bonds. The Hall–Kier alpha value is -4.07. The number of alkyl halides is 3. The molecule has 0 unspecified atom stereocenters. The van der Waals surface area contributed by atoms with Gasteiger partial charge in [-0.15, -0.1) is 24.5 Å². The number of benzene rings is 2. The first-order chi connectivity index (χ1) is 21.6. The van der Waals surface area contributed by atoms with E-state index in [-0.39, 0.29) is 21.8 Å². The van der Waals surface area contributed by atoms with Gasteiger partial charge >= 0.3 is 6.30 Å². The third-order valence-electron chi connectivity index (χ3n) is 8.12.